The third kappa shape index (κ3) is 3.78. The Bertz CT molecular complexity index is 379. The van der Waals surface area contributed by atoms with E-state index < -0.39 is 8.32 Å². The molecule has 0 heterocycles. The van der Waals surface area contributed by atoms with Crippen LogP contribution in [0.5, 0.6) is 0 Å². The molecule has 0 aromatic heterocycles. The zero-order chi connectivity index (χ0) is 13.8. The molecule has 1 rings (SSSR count). The minimum Gasteiger partial charge on any atom is -0.410 e. The van der Waals surface area contributed by atoms with E-state index in [1.807, 2.05) is 30.3 Å². The van der Waals surface area contributed by atoms with Crippen LogP contribution in [-0.2, 0) is 9.22 Å². The van der Waals surface area contributed by atoms with Crippen molar-refractivity contribution in [3.63, 3.8) is 0 Å². The highest BCUT2D eigenvalue weighted by molar-refractivity contribution is 6.74. The first-order valence-corrected chi connectivity index (χ1v) is 9.35. The number of carbonyl (C=O) groups excluding carboxylic acids is 1. The molecule has 100 valence electrons. The van der Waals surface area contributed by atoms with Crippen molar-refractivity contribution in [1.82, 2.24) is 0 Å². The van der Waals surface area contributed by atoms with Crippen LogP contribution in [0.3, 0.4) is 0 Å². The van der Waals surface area contributed by atoms with E-state index in [0.29, 0.717) is 6.42 Å². The molecule has 0 aliphatic heterocycles. The quantitative estimate of drug-likeness (QED) is 0.584. The number of carbonyl (C=O) groups is 1. The molecule has 2 nitrogen and oxygen atoms in total. The molecule has 1 atom stereocenters. The van der Waals surface area contributed by atoms with Gasteiger partial charge in [-0.15, -0.1) is 0 Å². The van der Waals surface area contributed by atoms with E-state index in [2.05, 4.69) is 33.9 Å². The Morgan fingerprint density at radius 2 is 1.78 bits per heavy atom. The van der Waals surface area contributed by atoms with Crippen molar-refractivity contribution in [1.29, 1.82) is 0 Å². The van der Waals surface area contributed by atoms with Crippen LogP contribution in [-0.4, -0.2) is 14.6 Å². The number of aldehydes is 1. The Kier molecular flexibility index (Phi) is 4.88. The van der Waals surface area contributed by atoms with Crippen LogP contribution in [0.15, 0.2) is 30.3 Å². The van der Waals surface area contributed by atoms with Crippen LogP contribution >= 0.6 is 0 Å². The SMILES string of the molecule is CC(C)(C)[Si](C)(C)O[C@H](CC=O)c1ccccc1. The first-order valence-electron chi connectivity index (χ1n) is 6.44. The lowest BCUT2D eigenvalue weighted by atomic mass is 10.1. The van der Waals surface area contributed by atoms with Gasteiger partial charge in [0.1, 0.15) is 6.29 Å². The van der Waals surface area contributed by atoms with Crippen LogP contribution < -0.4 is 0 Å². The van der Waals surface area contributed by atoms with Crippen molar-refractivity contribution in [3.8, 4) is 0 Å². The highest BCUT2D eigenvalue weighted by Gasteiger charge is 2.39. The van der Waals surface area contributed by atoms with Gasteiger partial charge < -0.3 is 9.22 Å². The van der Waals surface area contributed by atoms with Gasteiger partial charge in [0, 0.05) is 6.42 Å². The van der Waals surface area contributed by atoms with Crippen LogP contribution in [0.1, 0.15) is 38.9 Å². The summed E-state index contributed by atoms with van der Waals surface area (Å²) in [6, 6.07) is 10.0. The van der Waals surface area contributed by atoms with Crippen LogP contribution in [0.25, 0.3) is 0 Å². The summed E-state index contributed by atoms with van der Waals surface area (Å²) in [5.41, 5.74) is 1.09. The standard InChI is InChI=1S/C15H24O2Si/c1-15(2,3)18(4,5)17-14(11-12-16)13-9-7-6-8-10-13/h6-10,12,14H,11H2,1-5H3/t14-/m1/s1. The second kappa shape index (κ2) is 5.80. The van der Waals surface area contributed by atoms with E-state index in [1.165, 1.54) is 0 Å². The average Bonchev–Trinajstić information content (AvgIpc) is 2.28. The Balaban J connectivity index is 2.92. The van der Waals surface area contributed by atoms with Crippen molar-refractivity contribution in [2.75, 3.05) is 0 Å². The normalized spacial score (nSPS) is 14.3. The van der Waals surface area contributed by atoms with E-state index in [-0.39, 0.29) is 11.1 Å². The molecular formula is C15H24O2Si. The minimum absolute atomic E-state index is 0.107. The van der Waals surface area contributed by atoms with Gasteiger partial charge in [0.05, 0.1) is 6.10 Å². The molecule has 3 heteroatoms. The Morgan fingerprint density at radius 1 is 1.22 bits per heavy atom. The molecule has 0 amide bonds. The minimum atomic E-state index is -1.85. The van der Waals surface area contributed by atoms with Crippen LogP contribution in [0, 0.1) is 0 Å². The Labute approximate surface area is 111 Å². The zero-order valence-electron chi connectivity index (χ0n) is 12.1. The van der Waals surface area contributed by atoms with Gasteiger partial charge >= 0.3 is 0 Å². The molecule has 0 saturated carbocycles. The maximum absolute atomic E-state index is 10.9. The molecule has 0 saturated heterocycles. The maximum atomic E-state index is 10.9. The largest absolute Gasteiger partial charge is 0.410 e. The van der Waals surface area contributed by atoms with Gasteiger partial charge in [-0.2, -0.15) is 0 Å². The molecule has 0 spiro atoms. The van der Waals surface area contributed by atoms with Gasteiger partial charge in [0.2, 0.25) is 0 Å². The van der Waals surface area contributed by atoms with E-state index in [4.69, 9.17) is 4.43 Å². The Morgan fingerprint density at radius 3 is 2.22 bits per heavy atom. The number of rotatable bonds is 5. The predicted octanol–water partition coefficient (Wildman–Crippen LogP) is 4.34. The van der Waals surface area contributed by atoms with Crippen molar-refractivity contribution < 1.29 is 9.22 Å². The molecule has 1 aromatic rings. The van der Waals surface area contributed by atoms with E-state index >= 15 is 0 Å². The highest BCUT2D eigenvalue weighted by atomic mass is 28.4. The van der Waals surface area contributed by atoms with Gasteiger partial charge in [-0.25, -0.2) is 0 Å². The van der Waals surface area contributed by atoms with E-state index in [9.17, 15) is 4.79 Å². The number of hydrogen-bond acceptors (Lipinski definition) is 2. The summed E-state index contributed by atoms with van der Waals surface area (Å²) in [6.07, 6.45) is 1.27. The van der Waals surface area contributed by atoms with Crippen molar-refractivity contribution in [3.05, 3.63) is 35.9 Å². The summed E-state index contributed by atoms with van der Waals surface area (Å²) >= 11 is 0. The molecule has 0 fully saturated rings. The number of hydrogen-bond donors (Lipinski definition) is 0. The fourth-order valence-electron chi connectivity index (χ4n) is 1.54. The van der Waals surface area contributed by atoms with Crippen molar-refractivity contribution >= 4 is 14.6 Å². The lowest BCUT2D eigenvalue weighted by Gasteiger charge is -2.39. The second-order valence-corrected chi connectivity index (χ2v) is 10.9. The molecule has 0 unspecified atom stereocenters. The summed E-state index contributed by atoms with van der Waals surface area (Å²) in [7, 11) is -1.85. The summed E-state index contributed by atoms with van der Waals surface area (Å²) in [5.74, 6) is 0. The first kappa shape index (κ1) is 15.1. The van der Waals surface area contributed by atoms with Gasteiger partial charge in [-0.1, -0.05) is 51.1 Å². The number of benzene rings is 1. The first-order chi connectivity index (χ1) is 8.28. The van der Waals surface area contributed by atoms with Crippen LogP contribution in [0.2, 0.25) is 18.1 Å². The average molecular weight is 264 g/mol. The van der Waals surface area contributed by atoms with Crippen molar-refractivity contribution in [2.24, 2.45) is 0 Å². The van der Waals surface area contributed by atoms with Gasteiger partial charge in [-0.05, 0) is 23.7 Å². The summed E-state index contributed by atoms with van der Waals surface area (Å²) in [4.78, 5) is 10.9. The molecule has 0 radical (unpaired) electrons. The summed E-state index contributed by atoms with van der Waals surface area (Å²) < 4.78 is 6.34. The van der Waals surface area contributed by atoms with Gasteiger partial charge in [0.25, 0.3) is 0 Å². The second-order valence-electron chi connectivity index (χ2n) is 6.18. The smallest absolute Gasteiger partial charge is 0.192 e. The monoisotopic (exact) mass is 264 g/mol. The molecule has 18 heavy (non-hydrogen) atoms. The fraction of sp³-hybridized carbons (Fsp3) is 0.533. The van der Waals surface area contributed by atoms with Crippen LogP contribution in [0.4, 0.5) is 0 Å². The highest BCUT2D eigenvalue weighted by Crippen LogP contribution is 2.40. The van der Waals surface area contributed by atoms with E-state index in [0.717, 1.165) is 11.8 Å². The molecular weight excluding hydrogens is 240 g/mol. The van der Waals surface area contributed by atoms with Gasteiger partial charge in [-0.3, -0.25) is 0 Å². The Hall–Kier alpha value is -0.933. The molecule has 0 N–H and O–H groups in total. The lowest BCUT2D eigenvalue weighted by molar-refractivity contribution is -0.109. The van der Waals surface area contributed by atoms with E-state index in [1.54, 1.807) is 0 Å². The predicted molar refractivity (Wildman–Crippen MR) is 78.1 cm³/mol. The maximum Gasteiger partial charge on any atom is 0.192 e. The fourth-order valence-corrected chi connectivity index (χ4v) is 2.84. The molecule has 1 aromatic carbocycles. The topological polar surface area (TPSA) is 26.3 Å². The third-order valence-corrected chi connectivity index (χ3v) is 8.21. The summed E-state index contributed by atoms with van der Waals surface area (Å²) in [5, 5.41) is 0.156. The molecule has 0 aliphatic carbocycles. The zero-order valence-corrected chi connectivity index (χ0v) is 13.1. The molecule has 0 aliphatic rings. The van der Waals surface area contributed by atoms with Gasteiger partial charge in [0.15, 0.2) is 8.32 Å². The van der Waals surface area contributed by atoms with Crippen molar-refractivity contribution in [2.45, 2.75) is 51.4 Å². The summed E-state index contributed by atoms with van der Waals surface area (Å²) in [6.45, 7) is 11.1. The molecule has 0 bridgehead atoms. The third-order valence-electron chi connectivity index (χ3n) is 3.72. The lowest BCUT2D eigenvalue weighted by Crippen LogP contribution is -2.41.